The van der Waals surface area contributed by atoms with Crippen molar-refractivity contribution in [3.8, 4) is 0 Å². The van der Waals surface area contributed by atoms with E-state index in [4.69, 9.17) is 30.7 Å². The van der Waals surface area contributed by atoms with Crippen LogP contribution in [0.3, 0.4) is 0 Å². The Kier molecular flexibility index (Phi) is 5.96. The molecule has 6 nitrogen and oxygen atoms in total. The summed E-state index contributed by atoms with van der Waals surface area (Å²) < 4.78 is 8.88. The predicted molar refractivity (Wildman–Crippen MR) is 41.6 cm³/mol. The number of hydrogen-bond acceptors (Lipinski definition) is 3. The van der Waals surface area contributed by atoms with Gasteiger partial charge in [-0.05, 0) is 13.8 Å². The second-order valence-corrected chi connectivity index (χ2v) is 3.73. The van der Waals surface area contributed by atoms with Crippen LogP contribution in [0.2, 0.25) is 0 Å². The van der Waals surface area contributed by atoms with Crippen molar-refractivity contribution in [1.82, 2.24) is 0 Å². The smallest absolute Gasteiger partial charge is 0.329 e. The van der Waals surface area contributed by atoms with Crippen molar-refractivity contribution in [3.05, 3.63) is 0 Å². The van der Waals surface area contributed by atoms with Gasteiger partial charge in [-0.2, -0.15) is 0 Å². The van der Waals surface area contributed by atoms with Crippen molar-refractivity contribution in [1.29, 1.82) is 0 Å². The molecule has 70 valence electrons. The molecule has 0 fully saturated rings. The average molecular weight is 186 g/mol. The lowest BCUT2D eigenvalue weighted by Gasteiger charge is -2.13. The minimum atomic E-state index is -4.64. The van der Waals surface area contributed by atoms with E-state index < -0.39 is 7.82 Å². The summed E-state index contributed by atoms with van der Waals surface area (Å²) in [5.41, 5.74) is 10.4. The summed E-state index contributed by atoms with van der Waals surface area (Å²) in [6.07, 6.45) is 0. The highest BCUT2D eigenvalue weighted by Gasteiger charge is 2.04. The van der Waals surface area contributed by atoms with Gasteiger partial charge in [-0.15, -0.1) is 0 Å². The van der Waals surface area contributed by atoms with Crippen molar-refractivity contribution in [2.45, 2.75) is 19.4 Å². The van der Waals surface area contributed by atoms with E-state index in [0.29, 0.717) is 6.54 Å². The quantitative estimate of drug-likeness (QED) is 0.325. The zero-order valence-corrected chi connectivity index (χ0v) is 7.45. The first-order valence-corrected chi connectivity index (χ1v) is 4.40. The van der Waals surface area contributed by atoms with Crippen LogP contribution in [-0.4, -0.2) is 26.8 Å². The van der Waals surface area contributed by atoms with Gasteiger partial charge in [0.05, 0.1) is 0 Å². The van der Waals surface area contributed by atoms with Crippen molar-refractivity contribution < 1.29 is 19.2 Å². The van der Waals surface area contributed by atoms with Crippen LogP contribution >= 0.6 is 7.82 Å². The van der Waals surface area contributed by atoms with Crippen LogP contribution in [0, 0.1) is 0 Å². The van der Waals surface area contributed by atoms with E-state index in [2.05, 4.69) is 0 Å². The highest BCUT2D eigenvalue weighted by molar-refractivity contribution is 7.45. The van der Waals surface area contributed by atoms with E-state index >= 15 is 0 Å². The fraction of sp³-hybridized carbons (Fsp3) is 1.00. The highest BCUT2D eigenvalue weighted by atomic mass is 31.2. The fourth-order valence-corrected chi connectivity index (χ4v) is 0. The van der Waals surface area contributed by atoms with Crippen LogP contribution in [0.4, 0.5) is 0 Å². The number of nitrogens with two attached hydrogens (primary N) is 2. The topological polar surface area (TPSA) is 130 Å². The fourth-order valence-electron chi connectivity index (χ4n) is 0. The normalized spacial score (nSPS) is 11.9. The average Bonchev–Trinajstić information content (AvgIpc) is 1.59. The Hall–Kier alpha value is 0.0300. The predicted octanol–water partition coefficient (Wildman–Crippen LogP) is -1.25. The second kappa shape index (κ2) is 4.82. The van der Waals surface area contributed by atoms with E-state index in [1.165, 1.54) is 0 Å². The molecule has 0 saturated heterocycles. The van der Waals surface area contributed by atoms with E-state index in [0.717, 1.165) is 0 Å². The van der Waals surface area contributed by atoms with Gasteiger partial charge >= 0.3 is 7.82 Å². The summed E-state index contributed by atoms with van der Waals surface area (Å²) in [6.45, 7) is 4.34. The summed E-state index contributed by atoms with van der Waals surface area (Å²) in [4.78, 5) is 21.6. The highest BCUT2D eigenvalue weighted by Crippen LogP contribution is 2.25. The molecule has 0 saturated carbocycles. The lowest BCUT2D eigenvalue weighted by atomic mass is 10.1. The van der Waals surface area contributed by atoms with Gasteiger partial charge < -0.3 is 26.1 Å². The molecule has 0 rings (SSSR count). The Balaban J connectivity index is 0. The SMILES string of the molecule is CC(C)(N)CN.O=P(O)(O)O. The van der Waals surface area contributed by atoms with E-state index in [1.807, 2.05) is 13.8 Å². The zero-order chi connectivity index (χ0) is 9.71. The van der Waals surface area contributed by atoms with Crippen LogP contribution in [0.25, 0.3) is 0 Å². The Bertz CT molecular complexity index is 129. The first-order valence-electron chi connectivity index (χ1n) is 2.83. The lowest BCUT2D eigenvalue weighted by molar-refractivity contribution is 0.275. The Labute approximate surface area is 65.5 Å². The first kappa shape index (κ1) is 13.6. The van der Waals surface area contributed by atoms with E-state index in [-0.39, 0.29) is 5.54 Å². The summed E-state index contributed by atoms with van der Waals surface area (Å²) >= 11 is 0. The molecule has 0 aromatic rings. The van der Waals surface area contributed by atoms with Crippen LogP contribution in [0.5, 0.6) is 0 Å². The molecule has 0 radical (unpaired) electrons. The van der Waals surface area contributed by atoms with Crippen molar-refractivity contribution in [2.75, 3.05) is 6.54 Å². The molecule has 0 spiro atoms. The van der Waals surface area contributed by atoms with Gasteiger partial charge in [-0.3, -0.25) is 0 Å². The maximum absolute atomic E-state index is 8.88. The number of hydrogen-bond donors (Lipinski definition) is 5. The maximum atomic E-state index is 8.88. The summed E-state index contributed by atoms with van der Waals surface area (Å²) in [6, 6.07) is 0. The molecule has 0 aliphatic heterocycles. The van der Waals surface area contributed by atoms with Crippen molar-refractivity contribution >= 4 is 7.82 Å². The minimum Gasteiger partial charge on any atom is -0.329 e. The summed E-state index contributed by atoms with van der Waals surface area (Å²) in [7, 11) is -4.64. The third-order valence-corrected chi connectivity index (χ3v) is 0.526. The molecule has 11 heavy (non-hydrogen) atoms. The van der Waals surface area contributed by atoms with Gasteiger partial charge in [-0.25, -0.2) is 4.57 Å². The molecule has 0 heterocycles. The third kappa shape index (κ3) is 70.4. The monoisotopic (exact) mass is 186 g/mol. The molecule has 0 aliphatic carbocycles. The number of rotatable bonds is 1. The molecule has 0 aromatic carbocycles. The number of phosphoric acid groups is 1. The summed E-state index contributed by atoms with van der Waals surface area (Å²) in [5.74, 6) is 0. The van der Waals surface area contributed by atoms with Crippen LogP contribution < -0.4 is 11.5 Å². The molecule has 0 bridgehead atoms. The largest absolute Gasteiger partial charge is 0.466 e. The van der Waals surface area contributed by atoms with Crippen molar-refractivity contribution in [3.63, 3.8) is 0 Å². The minimum absolute atomic E-state index is 0.181. The Morgan fingerprint density at radius 3 is 1.45 bits per heavy atom. The summed E-state index contributed by atoms with van der Waals surface area (Å²) in [5, 5.41) is 0. The van der Waals surface area contributed by atoms with Crippen LogP contribution in [0.15, 0.2) is 0 Å². The molecule has 0 unspecified atom stereocenters. The van der Waals surface area contributed by atoms with E-state index in [9.17, 15) is 0 Å². The first-order chi connectivity index (χ1) is 4.56. The van der Waals surface area contributed by atoms with Gasteiger partial charge in [0.25, 0.3) is 0 Å². The van der Waals surface area contributed by atoms with E-state index in [1.54, 1.807) is 0 Å². The Morgan fingerprint density at radius 2 is 1.45 bits per heavy atom. The maximum Gasteiger partial charge on any atom is 0.466 e. The van der Waals surface area contributed by atoms with Crippen LogP contribution in [-0.2, 0) is 4.57 Å². The molecule has 0 aliphatic rings. The second-order valence-electron chi connectivity index (χ2n) is 2.71. The third-order valence-electron chi connectivity index (χ3n) is 0.526. The molecule has 7 heteroatoms. The molecular weight excluding hydrogens is 171 g/mol. The standard InChI is InChI=1S/C4H12N2.H3O4P/c1-4(2,6)3-5;1-5(2,3)4/h3,5-6H2,1-2H3;(H3,1,2,3,4). The zero-order valence-electron chi connectivity index (χ0n) is 6.56. The van der Waals surface area contributed by atoms with Crippen LogP contribution in [0.1, 0.15) is 13.8 Å². The lowest BCUT2D eigenvalue weighted by Crippen LogP contribution is -2.40. The molecule has 7 N–H and O–H groups in total. The molecular formula is C4H15N2O4P. The van der Waals surface area contributed by atoms with Gasteiger partial charge in [0.1, 0.15) is 0 Å². The molecule has 0 amide bonds. The van der Waals surface area contributed by atoms with Gasteiger partial charge in [0.15, 0.2) is 0 Å². The van der Waals surface area contributed by atoms with Gasteiger partial charge in [0, 0.05) is 12.1 Å². The van der Waals surface area contributed by atoms with Gasteiger partial charge in [0.2, 0.25) is 0 Å². The molecule has 0 atom stereocenters. The Morgan fingerprint density at radius 1 is 1.36 bits per heavy atom. The van der Waals surface area contributed by atoms with Crippen molar-refractivity contribution in [2.24, 2.45) is 11.5 Å². The van der Waals surface area contributed by atoms with Gasteiger partial charge in [-0.1, -0.05) is 0 Å². The molecule has 0 aromatic heterocycles.